The van der Waals surface area contributed by atoms with Crippen LogP contribution in [0.5, 0.6) is 0 Å². The van der Waals surface area contributed by atoms with Gasteiger partial charge in [0.25, 0.3) is 0 Å². The molecule has 0 unspecified atom stereocenters. The van der Waals surface area contributed by atoms with Crippen LogP contribution in [0, 0.1) is 5.92 Å². The van der Waals surface area contributed by atoms with Crippen molar-refractivity contribution in [3.05, 3.63) is 0 Å². The van der Waals surface area contributed by atoms with Crippen LogP contribution in [0.15, 0.2) is 0 Å². The SMILES string of the molecule is O=C1OCC[C@H]2CCC[C@]3(CCC[C@@H]3CO)N12. The fraction of sp³-hybridized carbons (Fsp3) is 0.923. The molecule has 3 aliphatic rings. The molecule has 3 atom stereocenters. The highest BCUT2D eigenvalue weighted by atomic mass is 16.6. The smallest absolute Gasteiger partial charge is 0.410 e. The molecule has 2 heterocycles. The molecule has 0 bridgehead atoms. The van der Waals surface area contributed by atoms with Gasteiger partial charge in [-0.15, -0.1) is 0 Å². The largest absolute Gasteiger partial charge is 0.449 e. The van der Waals surface area contributed by atoms with Crippen molar-refractivity contribution in [3.63, 3.8) is 0 Å². The molecule has 3 fully saturated rings. The van der Waals surface area contributed by atoms with E-state index in [-0.39, 0.29) is 24.2 Å². The van der Waals surface area contributed by atoms with Gasteiger partial charge < -0.3 is 9.84 Å². The zero-order valence-electron chi connectivity index (χ0n) is 10.2. The molecule has 2 aliphatic heterocycles. The topological polar surface area (TPSA) is 49.8 Å². The molecule has 0 radical (unpaired) electrons. The van der Waals surface area contributed by atoms with Crippen LogP contribution in [0.2, 0.25) is 0 Å². The number of piperidine rings is 1. The highest BCUT2D eigenvalue weighted by Gasteiger charge is 2.54. The van der Waals surface area contributed by atoms with E-state index in [0.29, 0.717) is 12.6 Å². The molecule has 96 valence electrons. The average molecular weight is 239 g/mol. The first-order chi connectivity index (χ1) is 8.28. The minimum absolute atomic E-state index is 0.0881. The van der Waals surface area contributed by atoms with Gasteiger partial charge in [-0.2, -0.15) is 0 Å². The maximum atomic E-state index is 12.1. The summed E-state index contributed by atoms with van der Waals surface area (Å²) in [5, 5.41) is 9.58. The molecule has 1 amide bonds. The third-order valence-electron chi connectivity index (χ3n) is 5.01. The summed E-state index contributed by atoms with van der Waals surface area (Å²) in [6.07, 6.45) is 7.38. The Labute approximate surface area is 102 Å². The van der Waals surface area contributed by atoms with Gasteiger partial charge >= 0.3 is 6.09 Å². The highest BCUT2D eigenvalue weighted by Crippen LogP contribution is 2.49. The van der Waals surface area contributed by atoms with E-state index >= 15 is 0 Å². The van der Waals surface area contributed by atoms with Crippen LogP contribution in [-0.2, 0) is 4.74 Å². The normalized spacial score (nSPS) is 41.5. The Morgan fingerprint density at radius 1 is 1.29 bits per heavy atom. The Morgan fingerprint density at radius 2 is 2.06 bits per heavy atom. The van der Waals surface area contributed by atoms with Crippen molar-refractivity contribution >= 4 is 6.09 Å². The van der Waals surface area contributed by atoms with Gasteiger partial charge in [-0.3, -0.25) is 4.90 Å². The lowest BCUT2D eigenvalue weighted by atomic mass is 9.75. The number of hydrogen-bond donors (Lipinski definition) is 1. The Kier molecular flexibility index (Phi) is 2.77. The fourth-order valence-electron chi connectivity index (χ4n) is 4.25. The number of amides is 1. The molecule has 0 aromatic carbocycles. The Morgan fingerprint density at radius 3 is 2.82 bits per heavy atom. The number of cyclic esters (lactones) is 1. The summed E-state index contributed by atoms with van der Waals surface area (Å²) in [5.74, 6) is 0.260. The average Bonchev–Trinajstić information content (AvgIpc) is 2.73. The quantitative estimate of drug-likeness (QED) is 0.760. The van der Waals surface area contributed by atoms with Crippen LogP contribution >= 0.6 is 0 Å². The van der Waals surface area contributed by atoms with Crippen LogP contribution in [-0.4, -0.2) is 40.9 Å². The molecule has 3 rings (SSSR count). The molecule has 0 aromatic heterocycles. The van der Waals surface area contributed by atoms with Crippen molar-refractivity contribution < 1.29 is 14.6 Å². The number of rotatable bonds is 1. The van der Waals surface area contributed by atoms with Crippen molar-refractivity contribution in [3.8, 4) is 0 Å². The van der Waals surface area contributed by atoms with Crippen LogP contribution in [0.3, 0.4) is 0 Å². The first kappa shape index (κ1) is 11.3. The molecule has 4 heteroatoms. The summed E-state index contributed by atoms with van der Waals surface area (Å²) >= 11 is 0. The summed E-state index contributed by atoms with van der Waals surface area (Å²) in [7, 11) is 0. The van der Waals surface area contributed by atoms with Gasteiger partial charge in [0.05, 0.1) is 12.1 Å². The first-order valence-corrected chi connectivity index (χ1v) is 6.85. The minimum Gasteiger partial charge on any atom is -0.449 e. The van der Waals surface area contributed by atoms with E-state index in [0.717, 1.165) is 38.5 Å². The molecule has 17 heavy (non-hydrogen) atoms. The zero-order chi connectivity index (χ0) is 11.9. The number of hydrogen-bond acceptors (Lipinski definition) is 3. The number of aliphatic hydroxyl groups is 1. The summed E-state index contributed by atoms with van der Waals surface area (Å²) in [4.78, 5) is 14.1. The van der Waals surface area contributed by atoms with Gasteiger partial charge in [-0.05, 0) is 32.1 Å². The van der Waals surface area contributed by atoms with Crippen LogP contribution in [0.25, 0.3) is 0 Å². The van der Waals surface area contributed by atoms with E-state index in [9.17, 15) is 9.90 Å². The van der Waals surface area contributed by atoms with Gasteiger partial charge in [0.2, 0.25) is 0 Å². The monoisotopic (exact) mass is 239 g/mol. The van der Waals surface area contributed by atoms with Gasteiger partial charge in [0, 0.05) is 25.0 Å². The fourth-order valence-corrected chi connectivity index (χ4v) is 4.25. The molecule has 4 nitrogen and oxygen atoms in total. The third-order valence-corrected chi connectivity index (χ3v) is 5.01. The standard InChI is InChI=1S/C13H21NO3/c15-9-10-3-1-6-13(10)7-2-4-11-5-8-17-12(16)14(11)13/h10-11,15H,1-9H2/t10-,11-,13+/m1/s1. The maximum absolute atomic E-state index is 12.1. The number of carbonyl (C=O) groups excluding carboxylic acids is 1. The van der Waals surface area contributed by atoms with E-state index < -0.39 is 0 Å². The second-order valence-corrected chi connectivity index (χ2v) is 5.69. The van der Waals surface area contributed by atoms with Crippen molar-refractivity contribution in [2.24, 2.45) is 5.92 Å². The van der Waals surface area contributed by atoms with E-state index in [2.05, 4.69) is 0 Å². The highest BCUT2D eigenvalue weighted by molar-refractivity contribution is 5.70. The molecular formula is C13H21NO3. The van der Waals surface area contributed by atoms with Crippen molar-refractivity contribution in [1.29, 1.82) is 0 Å². The van der Waals surface area contributed by atoms with Gasteiger partial charge in [0.1, 0.15) is 0 Å². The molecule has 0 aromatic rings. The summed E-state index contributed by atoms with van der Waals surface area (Å²) in [6.45, 7) is 0.774. The second kappa shape index (κ2) is 4.16. The van der Waals surface area contributed by atoms with Gasteiger partial charge in [0.15, 0.2) is 0 Å². The summed E-state index contributed by atoms with van der Waals surface area (Å²) < 4.78 is 5.23. The Bertz CT molecular complexity index is 318. The molecule has 1 aliphatic carbocycles. The van der Waals surface area contributed by atoms with Crippen LogP contribution < -0.4 is 0 Å². The third kappa shape index (κ3) is 1.57. The van der Waals surface area contributed by atoms with E-state index in [4.69, 9.17) is 4.74 Å². The molecular weight excluding hydrogens is 218 g/mol. The number of nitrogens with zero attached hydrogens (tertiary/aromatic N) is 1. The van der Waals surface area contributed by atoms with E-state index in [1.54, 1.807) is 0 Å². The number of carbonyl (C=O) groups is 1. The lowest BCUT2D eigenvalue weighted by molar-refractivity contribution is -0.0632. The van der Waals surface area contributed by atoms with Gasteiger partial charge in [-0.25, -0.2) is 4.79 Å². The summed E-state index contributed by atoms with van der Waals surface area (Å²) in [5.41, 5.74) is -0.0881. The predicted octanol–water partition coefficient (Wildman–Crippen LogP) is 1.91. The molecule has 1 N–H and O–H groups in total. The van der Waals surface area contributed by atoms with Crippen molar-refractivity contribution in [1.82, 2.24) is 4.90 Å². The van der Waals surface area contributed by atoms with Crippen molar-refractivity contribution in [2.45, 2.75) is 56.5 Å². The zero-order valence-corrected chi connectivity index (χ0v) is 10.2. The molecule has 1 spiro atoms. The number of fused-ring (bicyclic) bond motifs is 2. The number of aliphatic hydroxyl groups excluding tert-OH is 1. The predicted molar refractivity (Wildman–Crippen MR) is 62.6 cm³/mol. The first-order valence-electron chi connectivity index (χ1n) is 6.85. The number of ether oxygens (including phenoxy) is 1. The van der Waals surface area contributed by atoms with Gasteiger partial charge in [-0.1, -0.05) is 6.42 Å². The molecule has 1 saturated carbocycles. The van der Waals surface area contributed by atoms with Crippen LogP contribution in [0.1, 0.15) is 44.9 Å². The maximum Gasteiger partial charge on any atom is 0.410 e. The lowest BCUT2D eigenvalue weighted by Crippen LogP contribution is -2.63. The van der Waals surface area contributed by atoms with Crippen LogP contribution in [0.4, 0.5) is 4.79 Å². The minimum atomic E-state index is -0.138. The molecule has 2 saturated heterocycles. The van der Waals surface area contributed by atoms with E-state index in [1.807, 2.05) is 4.90 Å². The summed E-state index contributed by atoms with van der Waals surface area (Å²) in [6, 6.07) is 0.358. The Hall–Kier alpha value is -0.770. The van der Waals surface area contributed by atoms with E-state index in [1.165, 1.54) is 6.42 Å². The van der Waals surface area contributed by atoms with Crippen molar-refractivity contribution in [2.75, 3.05) is 13.2 Å². The second-order valence-electron chi connectivity index (χ2n) is 5.69. The Balaban J connectivity index is 1.93. The lowest BCUT2D eigenvalue weighted by Gasteiger charge is -2.53.